The second kappa shape index (κ2) is 8.64. The van der Waals surface area contributed by atoms with Crippen LogP contribution < -0.4 is 4.90 Å². The third kappa shape index (κ3) is 3.36. The lowest BCUT2D eigenvalue weighted by atomic mass is 9.70. The van der Waals surface area contributed by atoms with Gasteiger partial charge in [-0.15, -0.1) is 0 Å². The summed E-state index contributed by atoms with van der Waals surface area (Å²) in [6.07, 6.45) is 0. The van der Waals surface area contributed by atoms with Crippen LogP contribution in [0.15, 0.2) is 78.9 Å². The molecule has 0 bridgehead atoms. The summed E-state index contributed by atoms with van der Waals surface area (Å²) in [5.41, 5.74) is 2.15. The molecule has 1 heterocycles. The molecule has 0 atom stereocenters. The topological polar surface area (TPSA) is 55.8 Å². The second-order valence-corrected chi connectivity index (χ2v) is 7.30. The lowest BCUT2D eigenvalue weighted by Crippen LogP contribution is -2.50. The highest BCUT2D eigenvalue weighted by atomic mass is 16.6. The van der Waals surface area contributed by atoms with E-state index < -0.39 is 17.4 Å². The van der Waals surface area contributed by atoms with Crippen LogP contribution in [0.3, 0.4) is 0 Å². The molecule has 158 valence electrons. The average molecular weight is 415 g/mol. The molecule has 0 unspecified atom stereocenters. The minimum Gasteiger partial charge on any atom is -0.465 e. The van der Waals surface area contributed by atoms with Gasteiger partial charge in [0.2, 0.25) is 5.41 Å². The van der Waals surface area contributed by atoms with Crippen LogP contribution in [0, 0.1) is 0 Å². The molecule has 3 aromatic rings. The lowest BCUT2D eigenvalue weighted by molar-refractivity contribution is -0.162. The summed E-state index contributed by atoms with van der Waals surface area (Å²) in [6.45, 7) is 4.39. The largest absolute Gasteiger partial charge is 0.465 e. The highest BCUT2D eigenvalue weighted by molar-refractivity contribution is 6.14. The van der Waals surface area contributed by atoms with Gasteiger partial charge in [-0.2, -0.15) is 0 Å². The van der Waals surface area contributed by atoms with E-state index in [1.165, 1.54) is 0 Å². The van der Waals surface area contributed by atoms with E-state index >= 15 is 0 Å². The van der Waals surface area contributed by atoms with E-state index in [1.807, 2.05) is 66.7 Å². The fourth-order valence-electron chi connectivity index (χ4n) is 4.27. The number of ether oxygens (including phenoxy) is 2. The standard InChI is InChI=1S/C26H25NO4/c1-3-30-24(28)26(25(29)31-4-2)20-14-8-10-16-22(20)27(18-19-12-6-5-7-13-19)23-17-11-9-15-21(23)26/h5-17H,3-4,18H2,1-2H3. The molecule has 0 fully saturated rings. The predicted molar refractivity (Wildman–Crippen MR) is 119 cm³/mol. The quantitative estimate of drug-likeness (QED) is 0.430. The van der Waals surface area contributed by atoms with Crippen LogP contribution in [0.1, 0.15) is 30.5 Å². The Bertz CT molecular complexity index is 1030. The average Bonchev–Trinajstić information content (AvgIpc) is 2.80. The van der Waals surface area contributed by atoms with Crippen molar-refractivity contribution in [3.05, 3.63) is 95.6 Å². The summed E-state index contributed by atoms with van der Waals surface area (Å²) in [4.78, 5) is 29.1. The molecule has 0 spiro atoms. The van der Waals surface area contributed by atoms with Crippen molar-refractivity contribution < 1.29 is 19.1 Å². The first-order valence-corrected chi connectivity index (χ1v) is 10.5. The smallest absolute Gasteiger partial charge is 0.332 e. The van der Waals surface area contributed by atoms with Crippen molar-refractivity contribution in [1.29, 1.82) is 0 Å². The first-order valence-electron chi connectivity index (χ1n) is 10.5. The second-order valence-electron chi connectivity index (χ2n) is 7.30. The molecule has 5 heteroatoms. The molecule has 5 nitrogen and oxygen atoms in total. The number of benzene rings is 3. The zero-order chi connectivity index (χ0) is 21.8. The van der Waals surface area contributed by atoms with Crippen molar-refractivity contribution >= 4 is 23.3 Å². The van der Waals surface area contributed by atoms with Gasteiger partial charge in [-0.1, -0.05) is 66.7 Å². The minimum atomic E-state index is -1.67. The molecule has 3 aromatic carbocycles. The summed E-state index contributed by atoms with van der Waals surface area (Å²) >= 11 is 0. The number of nitrogens with zero attached hydrogens (tertiary/aromatic N) is 1. The summed E-state index contributed by atoms with van der Waals surface area (Å²) < 4.78 is 10.9. The van der Waals surface area contributed by atoms with Crippen LogP contribution in [-0.4, -0.2) is 25.2 Å². The molecule has 0 saturated carbocycles. The number of carbonyl (C=O) groups excluding carboxylic acids is 2. The van der Waals surface area contributed by atoms with Gasteiger partial charge in [0.25, 0.3) is 0 Å². The third-order valence-corrected chi connectivity index (χ3v) is 5.54. The third-order valence-electron chi connectivity index (χ3n) is 5.54. The van der Waals surface area contributed by atoms with Crippen molar-refractivity contribution in [2.75, 3.05) is 18.1 Å². The Morgan fingerprint density at radius 1 is 0.710 bits per heavy atom. The SMILES string of the molecule is CCOC(=O)C1(C(=O)OCC)c2ccccc2N(Cc2ccccc2)c2ccccc21. The maximum Gasteiger partial charge on any atom is 0.332 e. The normalized spacial score (nSPS) is 13.7. The van der Waals surface area contributed by atoms with Gasteiger partial charge >= 0.3 is 11.9 Å². The molecule has 0 saturated heterocycles. The minimum absolute atomic E-state index is 0.165. The van der Waals surface area contributed by atoms with Crippen LogP contribution in [0.25, 0.3) is 0 Å². The molecule has 0 N–H and O–H groups in total. The summed E-state index contributed by atoms with van der Waals surface area (Å²) in [6, 6.07) is 25.1. The van der Waals surface area contributed by atoms with E-state index in [0.717, 1.165) is 16.9 Å². The Morgan fingerprint density at radius 2 is 1.16 bits per heavy atom. The van der Waals surface area contributed by atoms with Crippen LogP contribution in [-0.2, 0) is 31.0 Å². The number of rotatable bonds is 6. The molecule has 0 amide bonds. The molecule has 0 radical (unpaired) electrons. The molecule has 1 aliphatic heterocycles. The van der Waals surface area contributed by atoms with E-state index in [0.29, 0.717) is 17.7 Å². The first-order chi connectivity index (χ1) is 15.1. The first kappa shape index (κ1) is 20.7. The van der Waals surface area contributed by atoms with Crippen molar-refractivity contribution in [1.82, 2.24) is 0 Å². The number of esters is 2. The van der Waals surface area contributed by atoms with Gasteiger partial charge in [-0.25, -0.2) is 0 Å². The summed E-state index contributed by atoms with van der Waals surface area (Å²) in [5, 5.41) is 0. The monoisotopic (exact) mass is 415 g/mol. The van der Waals surface area contributed by atoms with Gasteiger partial charge in [-0.05, 0) is 31.5 Å². The zero-order valence-corrected chi connectivity index (χ0v) is 17.7. The van der Waals surface area contributed by atoms with E-state index in [9.17, 15) is 9.59 Å². The Morgan fingerprint density at radius 3 is 1.65 bits per heavy atom. The Labute approximate surface area is 182 Å². The number of para-hydroxylation sites is 2. The Kier molecular flexibility index (Phi) is 5.76. The van der Waals surface area contributed by atoms with Crippen molar-refractivity contribution in [2.24, 2.45) is 0 Å². The molecule has 0 aromatic heterocycles. The van der Waals surface area contributed by atoms with Gasteiger partial charge in [0.15, 0.2) is 0 Å². The number of hydrogen-bond donors (Lipinski definition) is 0. The van der Waals surface area contributed by atoms with Gasteiger partial charge in [0, 0.05) is 29.0 Å². The summed E-state index contributed by atoms with van der Waals surface area (Å²) in [7, 11) is 0. The number of fused-ring (bicyclic) bond motifs is 2. The predicted octanol–water partition coefficient (Wildman–Crippen LogP) is 4.75. The summed E-state index contributed by atoms with van der Waals surface area (Å²) in [5.74, 6) is -1.24. The Balaban J connectivity index is 1.99. The molecule has 4 rings (SSSR count). The molecule has 31 heavy (non-hydrogen) atoms. The molecular weight excluding hydrogens is 390 g/mol. The fraction of sp³-hybridized carbons (Fsp3) is 0.231. The van der Waals surface area contributed by atoms with Crippen LogP contribution in [0.4, 0.5) is 11.4 Å². The van der Waals surface area contributed by atoms with Gasteiger partial charge < -0.3 is 14.4 Å². The zero-order valence-electron chi connectivity index (χ0n) is 17.7. The van der Waals surface area contributed by atoms with Gasteiger partial charge in [-0.3, -0.25) is 9.59 Å². The number of anilines is 2. The number of hydrogen-bond acceptors (Lipinski definition) is 5. The van der Waals surface area contributed by atoms with Crippen molar-refractivity contribution in [3.63, 3.8) is 0 Å². The van der Waals surface area contributed by atoms with Crippen LogP contribution >= 0.6 is 0 Å². The van der Waals surface area contributed by atoms with E-state index in [-0.39, 0.29) is 13.2 Å². The van der Waals surface area contributed by atoms with E-state index in [2.05, 4.69) is 17.0 Å². The molecule has 0 aliphatic carbocycles. The van der Waals surface area contributed by atoms with E-state index in [4.69, 9.17) is 9.47 Å². The highest BCUT2D eigenvalue weighted by Crippen LogP contribution is 2.51. The maximum atomic E-state index is 13.5. The van der Waals surface area contributed by atoms with Gasteiger partial charge in [0.05, 0.1) is 13.2 Å². The van der Waals surface area contributed by atoms with Gasteiger partial charge in [0.1, 0.15) is 0 Å². The van der Waals surface area contributed by atoms with E-state index in [1.54, 1.807) is 13.8 Å². The van der Waals surface area contributed by atoms with Crippen molar-refractivity contribution in [2.45, 2.75) is 25.8 Å². The maximum absolute atomic E-state index is 13.5. The Hall–Kier alpha value is -3.60. The molecule has 1 aliphatic rings. The van der Waals surface area contributed by atoms with Crippen LogP contribution in [0.5, 0.6) is 0 Å². The number of carbonyl (C=O) groups is 2. The lowest BCUT2D eigenvalue weighted by Gasteiger charge is -2.42. The van der Waals surface area contributed by atoms with Crippen LogP contribution in [0.2, 0.25) is 0 Å². The molecular formula is C26H25NO4. The highest BCUT2D eigenvalue weighted by Gasteiger charge is 2.57. The van der Waals surface area contributed by atoms with Crippen molar-refractivity contribution in [3.8, 4) is 0 Å². The fourth-order valence-corrected chi connectivity index (χ4v) is 4.27.